The molecule has 5 N–H and O–H groups in total. The van der Waals surface area contributed by atoms with Crippen LogP contribution in [-0.2, 0) is 4.74 Å². The zero-order chi connectivity index (χ0) is 13.1. The normalized spacial score (nSPS) is 19.8. The van der Waals surface area contributed by atoms with Crippen LogP contribution in [0.1, 0.15) is 10.4 Å². The van der Waals surface area contributed by atoms with Gasteiger partial charge in [0.25, 0.3) is 5.91 Å². The van der Waals surface area contributed by atoms with Gasteiger partial charge >= 0.3 is 0 Å². The summed E-state index contributed by atoms with van der Waals surface area (Å²) in [6, 6.07) is 1.51. The van der Waals surface area contributed by atoms with Crippen LogP contribution in [-0.4, -0.2) is 48.4 Å². The number of rotatable bonds is 3. The predicted molar refractivity (Wildman–Crippen MR) is 66.2 cm³/mol. The molecule has 7 nitrogen and oxygen atoms in total. The second-order valence-electron chi connectivity index (χ2n) is 4.13. The van der Waals surface area contributed by atoms with E-state index in [1.807, 2.05) is 4.90 Å². The van der Waals surface area contributed by atoms with E-state index in [9.17, 15) is 4.79 Å². The van der Waals surface area contributed by atoms with Gasteiger partial charge < -0.3 is 26.2 Å². The van der Waals surface area contributed by atoms with Gasteiger partial charge in [0.15, 0.2) is 0 Å². The van der Waals surface area contributed by atoms with Gasteiger partial charge in [-0.25, -0.2) is 4.98 Å². The lowest BCUT2D eigenvalue weighted by molar-refractivity contribution is 0.00332. The number of pyridine rings is 1. The van der Waals surface area contributed by atoms with E-state index in [-0.39, 0.29) is 18.3 Å². The number of nitrogens with zero attached hydrogens (tertiary/aromatic N) is 2. The smallest absolute Gasteiger partial charge is 0.252 e. The van der Waals surface area contributed by atoms with E-state index in [1.165, 1.54) is 12.3 Å². The number of nitrogens with two attached hydrogens (primary N) is 2. The van der Waals surface area contributed by atoms with Crippen molar-refractivity contribution in [3.8, 4) is 0 Å². The van der Waals surface area contributed by atoms with Crippen molar-refractivity contribution in [1.29, 1.82) is 0 Å². The monoisotopic (exact) mass is 252 g/mol. The average molecular weight is 252 g/mol. The summed E-state index contributed by atoms with van der Waals surface area (Å²) in [4.78, 5) is 17.4. The number of carbonyl (C=O) groups is 1. The van der Waals surface area contributed by atoms with E-state index in [1.54, 1.807) is 0 Å². The van der Waals surface area contributed by atoms with Crippen molar-refractivity contribution in [3.05, 3.63) is 17.8 Å². The predicted octanol–water partition coefficient (Wildman–Crippen LogP) is -1.04. The summed E-state index contributed by atoms with van der Waals surface area (Å²) in [5.74, 6) is -0.0877. The molecular weight excluding hydrogens is 236 g/mol. The van der Waals surface area contributed by atoms with Crippen LogP contribution in [0.25, 0.3) is 0 Å². The Morgan fingerprint density at radius 3 is 3.11 bits per heavy atom. The summed E-state index contributed by atoms with van der Waals surface area (Å²) in [7, 11) is 0. The van der Waals surface area contributed by atoms with Crippen LogP contribution < -0.4 is 16.4 Å². The maximum absolute atomic E-state index is 11.4. The Kier molecular flexibility index (Phi) is 3.63. The number of ether oxygens (including phenoxy) is 1. The van der Waals surface area contributed by atoms with Crippen LogP contribution >= 0.6 is 0 Å². The minimum absolute atomic E-state index is 0.0720. The number of hydrogen-bond acceptors (Lipinski definition) is 6. The zero-order valence-electron chi connectivity index (χ0n) is 9.87. The first-order chi connectivity index (χ1) is 8.61. The number of nitrogen functional groups attached to an aromatic ring is 1. The molecule has 1 aromatic rings. The zero-order valence-corrected chi connectivity index (χ0v) is 9.87. The minimum atomic E-state index is -0.572. The number of anilines is 2. The molecule has 0 bridgehead atoms. The van der Waals surface area contributed by atoms with Crippen LogP contribution in [0.5, 0.6) is 0 Å². The molecule has 1 aliphatic heterocycles. The first-order valence-corrected chi connectivity index (χ1v) is 5.64. The number of primary amides is 1. The Bertz CT molecular complexity index is 452. The number of aromatic nitrogens is 1. The third-order valence-electron chi connectivity index (χ3n) is 2.80. The maximum Gasteiger partial charge on any atom is 0.252 e. The second-order valence-corrected chi connectivity index (χ2v) is 4.13. The fourth-order valence-corrected chi connectivity index (χ4v) is 1.93. The van der Waals surface area contributed by atoms with Crippen molar-refractivity contribution < 1.29 is 14.6 Å². The topological polar surface area (TPSA) is 115 Å². The Morgan fingerprint density at radius 2 is 2.44 bits per heavy atom. The first-order valence-electron chi connectivity index (χ1n) is 5.64. The van der Waals surface area contributed by atoms with E-state index in [0.29, 0.717) is 31.2 Å². The summed E-state index contributed by atoms with van der Waals surface area (Å²) in [5.41, 5.74) is 11.6. The second kappa shape index (κ2) is 5.19. The fourth-order valence-electron chi connectivity index (χ4n) is 1.93. The van der Waals surface area contributed by atoms with Crippen molar-refractivity contribution in [2.75, 3.05) is 36.9 Å². The Hall–Kier alpha value is -1.86. The highest BCUT2D eigenvalue weighted by Gasteiger charge is 2.24. The molecule has 0 saturated carbocycles. The molecule has 1 fully saturated rings. The molecule has 0 radical (unpaired) electrons. The number of morpholine rings is 1. The lowest BCUT2D eigenvalue weighted by atomic mass is 10.2. The standard InChI is InChI=1S/C11H16N4O3/c12-7-3-9(10(13)17)11(14-4-7)15-1-2-18-8(5-15)6-16/h3-4,8,16H,1-2,5-6,12H2,(H2,13,17). The molecule has 1 atom stereocenters. The van der Waals surface area contributed by atoms with Crippen LogP contribution in [0.15, 0.2) is 12.3 Å². The molecule has 18 heavy (non-hydrogen) atoms. The molecule has 1 aromatic heterocycles. The first kappa shape index (κ1) is 12.6. The number of carbonyl (C=O) groups excluding carboxylic acids is 1. The van der Waals surface area contributed by atoms with Gasteiger partial charge in [0.1, 0.15) is 5.82 Å². The molecule has 1 aliphatic rings. The van der Waals surface area contributed by atoms with Gasteiger partial charge in [-0.15, -0.1) is 0 Å². The van der Waals surface area contributed by atoms with Crippen molar-refractivity contribution in [2.24, 2.45) is 5.73 Å². The number of aliphatic hydroxyl groups is 1. The maximum atomic E-state index is 11.4. The third kappa shape index (κ3) is 2.52. The Morgan fingerprint density at radius 1 is 1.67 bits per heavy atom. The van der Waals surface area contributed by atoms with E-state index in [2.05, 4.69) is 4.98 Å². The van der Waals surface area contributed by atoms with Gasteiger partial charge in [0.2, 0.25) is 0 Å². The van der Waals surface area contributed by atoms with Crippen LogP contribution in [0.2, 0.25) is 0 Å². The highest BCUT2D eigenvalue weighted by atomic mass is 16.5. The number of hydrogen-bond donors (Lipinski definition) is 3. The fraction of sp³-hybridized carbons (Fsp3) is 0.455. The van der Waals surface area contributed by atoms with E-state index >= 15 is 0 Å². The highest BCUT2D eigenvalue weighted by molar-refractivity contribution is 5.98. The van der Waals surface area contributed by atoms with E-state index in [0.717, 1.165) is 0 Å². The largest absolute Gasteiger partial charge is 0.397 e. The molecule has 98 valence electrons. The molecule has 1 amide bonds. The van der Waals surface area contributed by atoms with Crippen molar-refractivity contribution in [2.45, 2.75) is 6.10 Å². The van der Waals surface area contributed by atoms with Gasteiger partial charge in [-0.05, 0) is 6.07 Å². The molecule has 2 heterocycles. The molecule has 0 aromatic carbocycles. The molecule has 7 heteroatoms. The summed E-state index contributed by atoms with van der Waals surface area (Å²) in [6.07, 6.45) is 1.20. The summed E-state index contributed by atoms with van der Waals surface area (Å²) < 4.78 is 5.34. The van der Waals surface area contributed by atoms with E-state index in [4.69, 9.17) is 21.3 Å². The van der Waals surface area contributed by atoms with Crippen molar-refractivity contribution in [3.63, 3.8) is 0 Å². The molecule has 1 unspecified atom stereocenters. The third-order valence-corrected chi connectivity index (χ3v) is 2.80. The van der Waals surface area contributed by atoms with Gasteiger partial charge in [-0.3, -0.25) is 4.79 Å². The molecule has 1 saturated heterocycles. The SMILES string of the molecule is NC(=O)c1cc(N)cnc1N1CCOC(CO)C1. The van der Waals surface area contributed by atoms with Crippen molar-refractivity contribution in [1.82, 2.24) is 4.98 Å². The van der Waals surface area contributed by atoms with Crippen LogP contribution in [0.4, 0.5) is 11.5 Å². The van der Waals surface area contributed by atoms with Gasteiger partial charge in [0.05, 0.1) is 36.8 Å². The lowest BCUT2D eigenvalue weighted by Crippen LogP contribution is -2.45. The quantitative estimate of drug-likeness (QED) is 0.633. The van der Waals surface area contributed by atoms with Crippen molar-refractivity contribution >= 4 is 17.4 Å². The van der Waals surface area contributed by atoms with Crippen LogP contribution in [0, 0.1) is 0 Å². The summed E-state index contributed by atoms with van der Waals surface area (Å²) in [5, 5.41) is 9.09. The molecule has 2 rings (SSSR count). The summed E-state index contributed by atoms with van der Waals surface area (Å²) >= 11 is 0. The van der Waals surface area contributed by atoms with Gasteiger partial charge in [0, 0.05) is 13.1 Å². The van der Waals surface area contributed by atoms with Gasteiger partial charge in [-0.2, -0.15) is 0 Å². The molecule has 0 aliphatic carbocycles. The number of amides is 1. The highest BCUT2D eigenvalue weighted by Crippen LogP contribution is 2.21. The van der Waals surface area contributed by atoms with E-state index < -0.39 is 5.91 Å². The molecular formula is C11H16N4O3. The Labute approximate surface area is 104 Å². The van der Waals surface area contributed by atoms with Gasteiger partial charge in [-0.1, -0.05) is 0 Å². The summed E-state index contributed by atoms with van der Waals surface area (Å²) in [6.45, 7) is 1.45. The van der Waals surface area contributed by atoms with Crippen LogP contribution in [0.3, 0.4) is 0 Å². The minimum Gasteiger partial charge on any atom is -0.397 e. The number of aliphatic hydroxyl groups excluding tert-OH is 1. The lowest BCUT2D eigenvalue weighted by Gasteiger charge is -2.33. The molecule has 0 spiro atoms. The Balaban J connectivity index is 2.29. The average Bonchev–Trinajstić information content (AvgIpc) is 2.38.